The molecule has 1 atom stereocenters. The van der Waals surface area contributed by atoms with Crippen LogP contribution in [0, 0.1) is 12.8 Å². The summed E-state index contributed by atoms with van der Waals surface area (Å²) in [5, 5.41) is 2.82. The Balaban J connectivity index is 2.20. The molecule has 1 aromatic carbocycles. The normalized spacial score (nSPS) is 12.3. The molecule has 6 nitrogen and oxygen atoms in total. The summed E-state index contributed by atoms with van der Waals surface area (Å²) in [7, 11) is 0. The lowest BCUT2D eigenvalue weighted by molar-refractivity contribution is -0.0498. The molecule has 0 aliphatic rings. The summed E-state index contributed by atoms with van der Waals surface area (Å²) in [5.41, 5.74) is 0.336. The number of aryl methyl sites for hydroxylation is 1. The number of ether oxygens (including phenoxy) is 1. The molecule has 1 amide bonds. The Morgan fingerprint density at radius 2 is 1.88 bits per heavy atom. The fourth-order valence-electron chi connectivity index (χ4n) is 2.40. The minimum Gasteiger partial charge on any atom is -0.435 e. The summed E-state index contributed by atoms with van der Waals surface area (Å²) in [6.07, 6.45) is 0. The second-order valence-electron chi connectivity index (χ2n) is 5.86. The summed E-state index contributed by atoms with van der Waals surface area (Å²) in [5.74, 6) is -0.0820. The van der Waals surface area contributed by atoms with Crippen molar-refractivity contribution in [2.24, 2.45) is 5.92 Å². The maximum atomic E-state index is 12.4. The highest BCUT2D eigenvalue weighted by Crippen LogP contribution is 2.25. The lowest BCUT2D eigenvalue weighted by Crippen LogP contribution is -2.33. The third kappa shape index (κ3) is 5.10. The lowest BCUT2D eigenvalue weighted by Gasteiger charge is -2.23. The van der Waals surface area contributed by atoms with Gasteiger partial charge in [-0.3, -0.25) is 9.59 Å². The summed E-state index contributed by atoms with van der Waals surface area (Å²) in [6.45, 7) is 2.51. The number of halogens is 2. The van der Waals surface area contributed by atoms with Crippen molar-refractivity contribution >= 4 is 5.91 Å². The molecule has 0 bridgehead atoms. The number of rotatable bonds is 6. The van der Waals surface area contributed by atoms with Gasteiger partial charge in [0.25, 0.3) is 11.5 Å². The van der Waals surface area contributed by atoms with Crippen LogP contribution in [0.4, 0.5) is 8.78 Å². The van der Waals surface area contributed by atoms with Gasteiger partial charge in [-0.1, -0.05) is 26.0 Å². The quantitative estimate of drug-likeness (QED) is 0.838. The molecule has 25 heavy (non-hydrogen) atoms. The van der Waals surface area contributed by atoms with Crippen LogP contribution in [-0.2, 0) is 0 Å². The van der Waals surface area contributed by atoms with Crippen molar-refractivity contribution in [1.29, 1.82) is 0 Å². The van der Waals surface area contributed by atoms with Gasteiger partial charge in [0.2, 0.25) is 0 Å². The van der Waals surface area contributed by atoms with E-state index in [4.69, 9.17) is 0 Å². The minimum absolute atomic E-state index is 0.0181. The zero-order valence-electron chi connectivity index (χ0n) is 14.0. The maximum Gasteiger partial charge on any atom is 0.387 e. The second-order valence-corrected chi connectivity index (χ2v) is 5.86. The Morgan fingerprint density at radius 3 is 2.40 bits per heavy atom. The van der Waals surface area contributed by atoms with E-state index in [-0.39, 0.29) is 23.4 Å². The predicted molar refractivity (Wildman–Crippen MR) is 87.7 cm³/mol. The third-order valence-corrected chi connectivity index (χ3v) is 3.51. The first-order valence-electron chi connectivity index (χ1n) is 7.70. The molecule has 1 heterocycles. The second kappa shape index (κ2) is 7.87. The lowest BCUT2D eigenvalue weighted by atomic mass is 9.96. The number of aromatic nitrogens is 2. The van der Waals surface area contributed by atoms with Gasteiger partial charge in [-0.25, -0.2) is 4.98 Å². The van der Waals surface area contributed by atoms with E-state index in [1.165, 1.54) is 12.1 Å². The van der Waals surface area contributed by atoms with Crippen molar-refractivity contribution in [3.63, 3.8) is 0 Å². The molecular formula is C17H19F2N3O3. The monoisotopic (exact) mass is 351 g/mol. The van der Waals surface area contributed by atoms with Gasteiger partial charge < -0.3 is 15.0 Å². The molecule has 2 N–H and O–H groups in total. The van der Waals surface area contributed by atoms with E-state index < -0.39 is 18.1 Å². The molecule has 0 saturated carbocycles. The van der Waals surface area contributed by atoms with E-state index >= 15 is 0 Å². The Hall–Kier alpha value is -2.77. The van der Waals surface area contributed by atoms with Crippen molar-refractivity contribution in [3.05, 3.63) is 57.8 Å². The van der Waals surface area contributed by atoms with Gasteiger partial charge in [0.15, 0.2) is 0 Å². The van der Waals surface area contributed by atoms with Crippen LogP contribution in [0.2, 0.25) is 0 Å². The van der Waals surface area contributed by atoms with Gasteiger partial charge in [-0.05, 0) is 30.5 Å². The Morgan fingerprint density at radius 1 is 1.24 bits per heavy atom. The average molecular weight is 351 g/mol. The molecule has 2 rings (SSSR count). The van der Waals surface area contributed by atoms with Gasteiger partial charge in [-0.15, -0.1) is 0 Å². The maximum absolute atomic E-state index is 12.4. The van der Waals surface area contributed by atoms with Crippen LogP contribution in [0.5, 0.6) is 5.75 Å². The highest BCUT2D eigenvalue weighted by Gasteiger charge is 2.20. The number of H-pyrrole nitrogens is 1. The van der Waals surface area contributed by atoms with Crippen molar-refractivity contribution < 1.29 is 18.3 Å². The Labute approximate surface area is 143 Å². The molecule has 0 saturated heterocycles. The summed E-state index contributed by atoms with van der Waals surface area (Å²) in [6, 6.07) is 6.80. The molecule has 0 fully saturated rings. The highest BCUT2D eigenvalue weighted by molar-refractivity contribution is 5.92. The zero-order valence-corrected chi connectivity index (χ0v) is 14.0. The fraction of sp³-hybridized carbons (Fsp3) is 0.353. The van der Waals surface area contributed by atoms with Crippen LogP contribution >= 0.6 is 0 Å². The largest absolute Gasteiger partial charge is 0.435 e. The molecule has 2 aromatic rings. The molecule has 0 radical (unpaired) electrons. The summed E-state index contributed by atoms with van der Waals surface area (Å²) >= 11 is 0. The van der Waals surface area contributed by atoms with E-state index in [0.717, 1.165) is 11.6 Å². The summed E-state index contributed by atoms with van der Waals surface area (Å²) < 4.78 is 28.8. The average Bonchev–Trinajstić information content (AvgIpc) is 2.51. The van der Waals surface area contributed by atoms with Gasteiger partial charge in [0, 0.05) is 6.07 Å². The van der Waals surface area contributed by atoms with Crippen molar-refractivity contribution in [1.82, 2.24) is 15.3 Å². The first-order chi connectivity index (χ1) is 11.8. The van der Waals surface area contributed by atoms with Crippen LogP contribution < -0.4 is 15.6 Å². The van der Waals surface area contributed by atoms with Crippen molar-refractivity contribution in [2.45, 2.75) is 33.4 Å². The molecule has 0 spiro atoms. The van der Waals surface area contributed by atoms with E-state index in [0.29, 0.717) is 5.82 Å². The number of alkyl halides is 2. The first kappa shape index (κ1) is 18.6. The van der Waals surface area contributed by atoms with Crippen LogP contribution in [0.15, 0.2) is 35.1 Å². The predicted octanol–water partition coefficient (Wildman–Crippen LogP) is 2.81. The first-order valence-corrected chi connectivity index (χ1v) is 7.70. The van der Waals surface area contributed by atoms with Crippen molar-refractivity contribution in [2.75, 3.05) is 0 Å². The van der Waals surface area contributed by atoms with E-state index in [2.05, 4.69) is 20.0 Å². The number of aromatic amines is 1. The van der Waals surface area contributed by atoms with Gasteiger partial charge >= 0.3 is 6.61 Å². The fourth-order valence-corrected chi connectivity index (χ4v) is 2.40. The number of nitrogens with one attached hydrogen (secondary N) is 2. The Bertz CT molecular complexity index is 788. The van der Waals surface area contributed by atoms with Crippen LogP contribution in [-0.4, -0.2) is 22.5 Å². The molecule has 0 aliphatic heterocycles. The molecule has 0 aliphatic carbocycles. The molecule has 8 heteroatoms. The van der Waals surface area contributed by atoms with E-state index in [9.17, 15) is 18.4 Å². The highest BCUT2D eigenvalue weighted by atomic mass is 19.3. The third-order valence-electron chi connectivity index (χ3n) is 3.51. The van der Waals surface area contributed by atoms with Gasteiger partial charge in [0.1, 0.15) is 17.3 Å². The minimum atomic E-state index is -2.89. The zero-order chi connectivity index (χ0) is 18.6. The SMILES string of the molecule is Cc1nc(C(=O)NC(c2ccc(OC(F)F)cc2)C(C)C)cc(=O)[nH]1. The Kier molecular flexibility index (Phi) is 5.84. The van der Waals surface area contributed by atoms with Crippen LogP contribution in [0.25, 0.3) is 0 Å². The number of hydrogen-bond acceptors (Lipinski definition) is 4. The standard InChI is InChI=1S/C17H19F2N3O3/c1-9(2)15(11-4-6-12(7-5-11)25-17(18)19)22-16(24)13-8-14(23)21-10(3)20-13/h4-9,15,17H,1-3H3,(H,22,24)(H,20,21,23). The van der Waals surface area contributed by atoms with Crippen LogP contribution in [0.3, 0.4) is 0 Å². The number of carbonyl (C=O) groups excluding carboxylic acids is 1. The topological polar surface area (TPSA) is 84.1 Å². The van der Waals surface area contributed by atoms with E-state index in [1.54, 1.807) is 19.1 Å². The number of nitrogens with zero attached hydrogens (tertiary/aromatic N) is 1. The number of amides is 1. The van der Waals surface area contributed by atoms with E-state index in [1.807, 2.05) is 13.8 Å². The molecular weight excluding hydrogens is 332 g/mol. The molecule has 134 valence electrons. The molecule has 1 aromatic heterocycles. The van der Waals surface area contributed by atoms with Crippen molar-refractivity contribution in [3.8, 4) is 5.75 Å². The smallest absolute Gasteiger partial charge is 0.387 e. The number of hydrogen-bond donors (Lipinski definition) is 2. The van der Waals surface area contributed by atoms with Gasteiger partial charge in [0.05, 0.1) is 6.04 Å². The van der Waals surface area contributed by atoms with Crippen LogP contribution in [0.1, 0.15) is 41.8 Å². The molecule has 1 unspecified atom stereocenters. The van der Waals surface area contributed by atoms with Gasteiger partial charge in [-0.2, -0.15) is 8.78 Å². The number of benzene rings is 1. The summed E-state index contributed by atoms with van der Waals surface area (Å²) in [4.78, 5) is 30.4. The number of carbonyl (C=O) groups is 1.